The molecule has 1 saturated carbocycles. The van der Waals surface area contributed by atoms with Crippen LogP contribution >= 0.6 is 0 Å². The third-order valence-electron chi connectivity index (χ3n) is 5.61. The zero-order valence-electron chi connectivity index (χ0n) is 13.6. The highest BCUT2D eigenvalue weighted by atomic mass is 16.5. The van der Waals surface area contributed by atoms with E-state index in [1.165, 1.54) is 57.9 Å². The fraction of sp³-hybridized carbons (Fsp3) is 1.00. The minimum absolute atomic E-state index is 0.258. The topological polar surface area (TPSA) is 38.5 Å². The van der Waals surface area contributed by atoms with Gasteiger partial charge in [0, 0.05) is 25.2 Å². The van der Waals surface area contributed by atoms with Gasteiger partial charge in [0.15, 0.2) is 0 Å². The second-order valence-electron chi connectivity index (χ2n) is 6.86. The summed E-state index contributed by atoms with van der Waals surface area (Å²) in [5, 5.41) is 0. The van der Waals surface area contributed by atoms with Gasteiger partial charge in [-0.15, -0.1) is 0 Å². The van der Waals surface area contributed by atoms with Gasteiger partial charge < -0.3 is 10.5 Å². The maximum absolute atomic E-state index is 6.25. The standard InChI is InChI=1S/C17H34N2O/c1-3-11-19(13-16-6-5-12-20-16)17(14-18)9-7-15(4-2)8-10-17/h15-16H,3-14,18H2,1-2H3. The van der Waals surface area contributed by atoms with Crippen molar-refractivity contribution in [2.45, 2.75) is 76.9 Å². The van der Waals surface area contributed by atoms with Crippen LogP contribution < -0.4 is 5.73 Å². The number of rotatable bonds is 7. The SMILES string of the molecule is CCCN(CC1CCCO1)C1(CN)CCC(CC)CC1. The lowest BCUT2D eigenvalue weighted by molar-refractivity contribution is -0.00392. The molecule has 1 aliphatic heterocycles. The molecule has 0 bridgehead atoms. The maximum Gasteiger partial charge on any atom is 0.0703 e. The lowest BCUT2D eigenvalue weighted by Crippen LogP contribution is -2.57. The van der Waals surface area contributed by atoms with E-state index in [2.05, 4.69) is 18.7 Å². The van der Waals surface area contributed by atoms with Crippen LogP contribution in [0.3, 0.4) is 0 Å². The molecular weight excluding hydrogens is 248 g/mol. The van der Waals surface area contributed by atoms with Crippen LogP contribution in [0.1, 0.15) is 65.2 Å². The summed E-state index contributed by atoms with van der Waals surface area (Å²) in [7, 11) is 0. The Kier molecular flexibility index (Phi) is 6.31. The highest BCUT2D eigenvalue weighted by molar-refractivity contribution is 4.96. The van der Waals surface area contributed by atoms with Gasteiger partial charge in [-0.3, -0.25) is 4.90 Å². The Balaban J connectivity index is 2.00. The van der Waals surface area contributed by atoms with E-state index in [1.54, 1.807) is 0 Å². The van der Waals surface area contributed by atoms with Crippen LogP contribution in [0.5, 0.6) is 0 Å². The molecule has 0 aromatic heterocycles. The molecule has 2 rings (SSSR count). The van der Waals surface area contributed by atoms with Gasteiger partial charge in [-0.25, -0.2) is 0 Å². The molecule has 0 aromatic carbocycles. The van der Waals surface area contributed by atoms with Gasteiger partial charge >= 0.3 is 0 Å². The first-order valence-corrected chi connectivity index (χ1v) is 8.80. The third-order valence-corrected chi connectivity index (χ3v) is 5.61. The molecule has 0 aromatic rings. The molecule has 2 N–H and O–H groups in total. The van der Waals surface area contributed by atoms with Gasteiger partial charge in [0.2, 0.25) is 0 Å². The summed E-state index contributed by atoms with van der Waals surface area (Å²) in [6.07, 6.45) is 10.8. The van der Waals surface area contributed by atoms with E-state index in [-0.39, 0.29) is 5.54 Å². The summed E-state index contributed by atoms with van der Waals surface area (Å²) >= 11 is 0. The predicted molar refractivity (Wildman–Crippen MR) is 84.9 cm³/mol. The molecule has 1 saturated heterocycles. The minimum Gasteiger partial charge on any atom is -0.377 e. The zero-order valence-corrected chi connectivity index (χ0v) is 13.6. The van der Waals surface area contributed by atoms with Crippen molar-refractivity contribution in [2.24, 2.45) is 11.7 Å². The average Bonchev–Trinajstić information content (AvgIpc) is 3.00. The third kappa shape index (κ3) is 3.75. The van der Waals surface area contributed by atoms with Crippen LogP contribution in [-0.4, -0.2) is 42.8 Å². The Bertz CT molecular complexity index is 268. The Hall–Kier alpha value is -0.120. The van der Waals surface area contributed by atoms with E-state index >= 15 is 0 Å². The van der Waals surface area contributed by atoms with E-state index in [0.29, 0.717) is 6.10 Å². The van der Waals surface area contributed by atoms with Crippen LogP contribution in [0, 0.1) is 5.92 Å². The number of hydrogen-bond acceptors (Lipinski definition) is 3. The molecule has 1 atom stereocenters. The van der Waals surface area contributed by atoms with Crippen molar-refractivity contribution in [2.75, 3.05) is 26.2 Å². The fourth-order valence-corrected chi connectivity index (χ4v) is 4.10. The molecule has 3 heteroatoms. The Labute approximate surface area is 125 Å². The van der Waals surface area contributed by atoms with Crippen molar-refractivity contribution in [1.29, 1.82) is 0 Å². The van der Waals surface area contributed by atoms with Crippen LogP contribution in [0.15, 0.2) is 0 Å². The molecule has 1 unspecified atom stereocenters. The van der Waals surface area contributed by atoms with Gasteiger partial charge in [-0.1, -0.05) is 20.3 Å². The van der Waals surface area contributed by atoms with Crippen LogP contribution in [0.2, 0.25) is 0 Å². The van der Waals surface area contributed by atoms with E-state index in [1.807, 2.05) is 0 Å². The second kappa shape index (κ2) is 7.77. The van der Waals surface area contributed by atoms with Crippen molar-refractivity contribution >= 4 is 0 Å². The van der Waals surface area contributed by atoms with Crippen molar-refractivity contribution < 1.29 is 4.74 Å². The monoisotopic (exact) mass is 282 g/mol. The van der Waals surface area contributed by atoms with Gasteiger partial charge in [0.1, 0.15) is 0 Å². The molecule has 2 fully saturated rings. The van der Waals surface area contributed by atoms with Gasteiger partial charge in [-0.05, 0) is 57.4 Å². The quantitative estimate of drug-likeness (QED) is 0.779. The Morgan fingerprint density at radius 3 is 2.45 bits per heavy atom. The number of nitrogens with two attached hydrogens (primary N) is 1. The Morgan fingerprint density at radius 1 is 1.20 bits per heavy atom. The molecule has 0 radical (unpaired) electrons. The minimum atomic E-state index is 0.258. The van der Waals surface area contributed by atoms with E-state index in [0.717, 1.165) is 25.6 Å². The number of nitrogens with zero attached hydrogens (tertiary/aromatic N) is 1. The lowest BCUT2D eigenvalue weighted by Gasteiger charge is -2.48. The molecule has 20 heavy (non-hydrogen) atoms. The highest BCUT2D eigenvalue weighted by Gasteiger charge is 2.39. The van der Waals surface area contributed by atoms with Crippen LogP contribution in [0.4, 0.5) is 0 Å². The summed E-state index contributed by atoms with van der Waals surface area (Å²) in [5.74, 6) is 0.931. The number of hydrogen-bond donors (Lipinski definition) is 1. The second-order valence-corrected chi connectivity index (χ2v) is 6.86. The number of ether oxygens (including phenoxy) is 1. The van der Waals surface area contributed by atoms with E-state index in [4.69, 9.17) is 10.5 Å². The van der Waals surface area contributed by atoms with Crippen molar-refractivity contribution in [1.82, 2.24) is 4.90 Å². The molecule has 3 nitrogen and oxygen atoms in total. The molecule has 0 spiro atoms. The van der Waals surface area contributed by atoms with Crippen molar-refractivity contribution in [3.63, 3.8) is 0 Å². The molecular formula is C17H34N2O. The van der Waals surface area contributed by atoms with Crippen molar-refractivity contribution in [3.8, 4) is 0 Å². The zero-order chi connectivity index (χ0) is 14.4. The van der Waals surface area contributed by atoms with Crippen LogP contribution in [-0.2, 0) is 4.74 Å². The molecule has 118 valence electrons. The molecule has 1 aliphatic carbocycles. The van der Waals surface area contributed by atoms with Crippen LogP contribution in [0.25, 0.3) is 0 Å². The average molecular weight is 282 g/mol. The van der Waals surface area contributed by atoms with Gasteiger partial charge in [0.25, 0.3) is 0 Å². The first-order chi connectivity index (χ1) is 9.74. The summed E-state index contributed by atoms with van der Waals surface area (Å²) in [4.78, 5) is 2.69. The largest absolute Gasteiger partial charge is 0.377 e. The summed E-state index contributed by atoms with van der Waals surface area (Å²) in [5.41, 5.74) is 6.51. The van der Waals surface area contributed by atoms with E-state index in [9.17, 15) is 0 Å². The maximum atomic E-state index is 6.25. The Morgan fingerprint density at radius 2 is 1.95 bits per heavy atom. The molecule has 1 heterocycles. The lowest BCUT2D eigenvalue weighted by atomic mass is 9.74. The molecule has 2 aliphatic rings. The fourth-order valence-electron chi connectivity index (χ4n) is 4.10. The van der Waals surface area contributed by atoms with Gasteiger partial charge in [-0.2, -0.15) is 0 Å². The highest BCUT2D eigenvalue weighted by Crippen LogP contribution is 2.38. The summed E-state index contributed by atoms with van der Waals surface area (Å²) in [6.45, 7) is 8.66. The first-order valence-electron chi connectivity index (χ1n) is 8.80. The normalized spacial score (nSPS) is 34.8. The molecule has 0 amide bonds. The van der Waals surface area contributed by atoms with Crippen molar-refractivity contribution in [3.05, 3.63) is 0 Å². The van der Waals surface area contributed by atoms with E-state index < -0.39 is 0 Å². The predicted octanol–water partition coefficient (Wildman–Crippen LogP) is 3.18. The van der Waals surface area contributed by atoms with Gasteiger partial charge in [0.05, 0.1) is 6.10 Å². The first kappa shape index (κ1) is 16.3. The summed E-state index contributed by atoms with van der Waals surface area (Å²) in [6, 6.07) is 0. The smallest absolute Gasteiger partial charge is 0.0703 e. The summed E-state index contributed by atoms with van der Waals surface area (Å²) < 4.78 is 5.87.